The second-order valence-electron chi connectivity index (χ2n) is 2.92. The molecule has 0 aromatic heterocycles. The average molecular weight is 228 g/mol. The third-order valence-corrected chi connectivity index (χ3v) is 2.14. The van der Waals surface area contributed by atoms with E-state index in [4.69, 9.17) is 0 Å². The molecule has 12 heavy (non-hydrogen) atoms. The van der Waals surface area contributed by atoms with Crippen molar-refractivity contribution in [3.63, 3.8) is 0 Å². The summed E-state index contributed by atoms with van der Waals surface area (Å²) in [7, 11) is 0. The topological polar surface area (TPSA) is 12.0 Å². The van der Waals surface area contributed by atoms with Crippen LogP contribution in [-0.2, 0) is 6.54 Å². The maximum Gasteiger partial charge on any atom is 0.0205 e. The van der Waals surface area contributed by atoms with Crippen molar-refractivity contribution in [3.8, 4) is 0 Å². The summed E-state index contributed by atoms with van der Waals surface area (Å²) in [6.45, 7) is 6.20. The van der Waals surface area contributed by atoms with Crippen LogP contribution in [0.2, 0.25) is 0 Å². The fraction of sp³-hybridized carbons (Fsp3) is 0.400. The molecule has 0 heterocycles. The average Bonchev–Trinajstić information content (AvgIpc) is 1.99. The number of hydrogen-bond donors (Lipinski definition) is 1. The van der Waals surface area contributed by atoms with Crippen LogP contribution in [0.25, 0.3) is 0 Å². The van der Waals surface area contributed by atoms with E-state index in [2.05, 4.69) is 53.3 Å². The van der Waals surface area contributed by atoms with E-state index in [0.29, 0.717) is 0 Å². The summed E-state index contributed by atoms with van der Waals surface area (Å²) in [6.07, 6.45) is 0. The minimum absolute atomic E-state index is 0.955. The highest BCUT2D eigenvalue weighted by atomic mass is 79.9. The van der Waals surface area contributed by atoms with Crippen molar-refractivity contribution in [1.82, 2.24) is 5.32 Å². The van der Waals surface area contributed by atoms with E-state index in [1.807, 2.05) is 0 Å². The molecule has 2 heteroatoms. The molecule has 66 valence electrons. The summed E-state index contributed by atoms with van der Waals surface area (Å²) in [5.74, 6) is 0. The van der Waals surface area contributed by atoms with Gasteiger partial charge in [-0.05, 0) is 36.7 Å². The van der Waals surface area contributed by atoms with Crippen molar-refractivity contribution in [2.75, 3.05) is 6.54 Å². The predicted octanol–water partition coefficient (Wildman–Crippen LogP) is 2.87. The van der Waals surface area contributed by atoms with E-state index in [1.165, 1.54) is 11.1 Å². The molecule has 0 saturated carbocycles. The van der Waals surface area contributed by atoms with Gasteiger partial charge in [0.05, 0.1) is 0 Å². The molecule has 0 atom stereocenters. The van der Waals surface area contributed by atoms with Crippen molar-refractivity contribution in [2.24, 2.45) is 0 Å². The highest BCUT2D eigenvalue weighted by Crippen LogP contribution is 2.14. The van der Waals surface area contributed by atoms with Gasteiger partial charge in [0.2, 0.25) is 0 Å². The molecular weight excluding hydrogens is 214 g/mol. The number of nitrogens with one attached hydrogen (secondary N) is 1. The van der Waals surface area contributed by atoms with E-state index in [9.17, 15) is 0 Å². The van der Waals surface area contributed by atoms with Crippen molar-refractivity contribution in [1.29, 1.82) is 0 Å². The summed E-state index contributed by atoms with van der Waals surface area (Å²) in [4.78, 5) is 0. The molecular formula is C10H14BrN. The Balaban J connectivity index is 2.72. The van der Waals surface area contributed by atoms with Gasteiger partial charge in [-0.2, -0.15) is 0 Å². The van der Waals surface area contributed by atoms with E-state index in [1.54, 1.807) is 0 Å². The second kappa shape index (κ2) is 4.63. The van der Waals surface area contributed by atoms with Crippen LogP contribution < -0.4 is 5.32 Å². The van der Waals surface area contributed by atoms with E-state index in [0.717, 1.165) is 17.6 Å². The molecule has 1 aromatic carbocycles. The lowest BCUT2D eigenvalue weighted by molar-refractivity contribution is 0.726. The second-order valence-corrected chi connectivity index (χ2v) is 3.83. The van der Waals surface area contributed by atoms with Crippen LogP contribution in [0.4, 0.5) is 0 Å². The van der Waals surface area contributed by atoms with Gasteiger partial charge in [0, 0.05) is 11.0 Å². The molecule has 0 amide bonds. The number of aryl methyl sites for hydroxylation is 1. The Hall–Kier alpha value is -0.340. The largest absolute Gasteiger partial charge is 0.313 e. The highest BCUT2D eigenvalue weighted by molar-refractivity contribution is 9.10. The Kier molecular flexibility index (Phi) is 3.76. The highest BCUT2D eigenvalue weighted by Gasteiger charge is 1.94. The third kappa shape index (κ3) is 2.95. The van der Waals surface area contributed by atoms with Crippen LogP contribution in [0.1, 0.15) is 18.1 Å². The van der Waals surface area contributed by atoms with Crippen LogP contribution in [-0.4, -0.2) is 6.54 Å². The monoisotopic (exact) mass is 227 g/mol. The number of benzene rings is 1. The summed E-state index contributed by atoms with van der Waals surface area (Å²) in [6, 6.07) is 6.47. The van der Waals surface area contributed by atoms with Crippen molar-refractivity contribution < 1.29 is 0 Å². The van der Waals surface area contributed by atoms with Gasteiger partial charge in [-0.15, -0.1) is 0 Å². The number of rotatable bonds is 3. The third-order valence-electron chi connectivity index (χ3n) is 1.68. The zero-order valence-corrected chi connectivity index (χ0v) is 9.11. The summed E-state index contributed by atoms with van der Waals surface area (Å²) < 4.78 is 1.16. The lowest BCUT2D eigenvalue weighted by Crippen LogP contribution is -2.11. The first-order chi connectivity index (χ1) is 5.72. The standard InChI is InChI=1S/C10H14BrN/c1-3-12-7-9-4-8(2)5-10(11)6-9/h4-6,12H,3,7H2,1-2H3. The lowest BCUT2D eigenvalue weighted by atomic mass is 10.1. The first kappa shape index (κ1) is 9.75. The lowest BCUT2D eigenvalue weighted by Gasteiger charge is -2.04. The Morgan fingerprint density at radius 1 is 1.33 bits per heavy atom. The molecule has 1 aromatic rings. The Morgan fingerprint density at radius 2 is 2.08 bits per heavy atom. The Labute approximate surface area is 82.3 Å². The first-order valence-electron chi connectivity index (χ1n) is 4.19. The normalized spacial score (nSPS) is 10.2. The zero-order valence-electron chi connectivity index (χ0n) is 7.52. The van der Waals surface area contributed by atoms with Gasteiger partial charge in [0.15, 0.2) is 0 Å². The minimum Gasteiger partial charge on any atom is -0.313 e. The fourth-order valence-corrected chi connectivity index (χ4v) is 1.84. The molecule has 0 aliphatic heterocycles. The van der Waals surface area contributed by atoms with Crippen LogP contribution >= 0.6 is 15.9 Å². The Bertz CT molecular complexity index is 238. The molecule has 1 N–H and O–H groups in total. The van der Waals surface area contributed by atoms with Gasteiger partial charge in [0.25, 0.3) is 0 Å². The van der Waals surface area contributed by atoms with Gasteiger partial charge < -0.3 is 5.32 Å². The smallest absolute Gasteiger partial charge is 0.0205 e. The summed E-state index contributed by atoms with van der Waals surface area (Å²) in [5.41, 5.74) is 2.64. The van der Waals surface area contributed by atoms with Gasteiger partial charge in [0.1, 0.15) is 0 Å². The molecule has 0 fully saturated rings. The predicted molar refractivity (Wildman–Crippen MR) is 56.3 cm³/mol. The van der Waals surface area contributed by atoms with Gasteiger partial charge in [-0.1, -0.05) is 28.9 Å². The first-order valence-corrected chi connectivity index (χ1v) is 4.98. The number of halogens is 1. The Morgan fingerprint density at radius 3 is 2.67 bits per heavy atom. The van der Waals surface area contributed by atoms with E-state index < -0.39 is 0 Å². The molecule has 0 saturated heterocycles. The summed E-state index contributed by atoms with van der Waals surface area (Å²) in [5, 5.41) is 3.30. The van der Waals surface area contributed by atoms with Gasteiger partial charge in [-0.25, -0.2) is 0 Å². The quantitative estimate of drug-likeness (QED) is 0.838. The van der Waals surface area contributed by atoms with Crippen LogP contribution in [0.5, 0.6) is 0 Å². The van der Waals surface area contributed by atoms with Crippen molar-refractivity contribution >= 4 is 15.9 Å². The molecule has 1 nitrogen and oxygen atoms in total. The van der Waals surface area contributed by atoms with Gasteiger partial charge in [-0.3, -0.25) is 0 Å². The fourth-order valence-electron chi connectivity index (χ4n) is 1.18. The van der Waals surface area contributed by atoms with E-state index in [-0.39, 0.29) is 0 Å². The zero-order chi connectivity index (χ0) is 8.97. The molecule has 0 aliphatic carbocycles. The maximum absolute atomic E-state index is 3.48. The maximum atomic E-state index is 3.48. The molecule has 0 unspecified atom stereocenters. The SMILES string of the molecule is CCNCc1cc(C)cc(Br)c1. The molecule has 0 spiro atoms. The van der Waals surface area contributed by atoms with Gasteiger partial charge >= 0.3 is 0 Å². The van der Waals surface area contributed by atoms with Crippen LogP contribution in [0, 0.1) is 6.92 Å². The molecule has 0 bridgehead atoms. The van der Waals surface area contributed by atoms with E-state index >= 15 is 0 Å². The molecule has 0 aliphatic rings. The molecule has 0 radical (unpaired) electrons. The molecule has 1 rings (SSSR count). The van der Waals surface area contributed by atoms with Crippen LogP contribution in [0.15, 0.2) is 22.7 Å². The minimum atomic E-state index is 0.955. The van der Waals surface area contributed by atoms with Crippen molar-refractivity contribution in [3.05, 3.63) is 33.8 Å². The summed E-state index contributed by atoms with van der Waals surface area (Å²) >= 11 is 3.48. The van der Waals surface area contributed by atoms with Crippen molar-refractivity contribution in [2.45, 2.75) is 20.4 Å². The van der Waals surface area contributed by atoms with Crippen LogP contribution in [0.3, 0.4) is 0 Å². The number of hydrogen-bond acceptors (Lipinski definition) is 1.